The molecule has 2 aliphatic heterocycles. The largest absolute Gasteiger partial charge is 0.409 e. The molecule has 5 aromatic rings. The number of hydrogen-bond donors (Lipinski definition) is 0. The van der Waals surface area contributed by atoms with Crippen molar-refractivity contribution in [2.75, 3.05) is 0 Å². The number of carbonyl (C=O) groups is 4. The smallest absolute Gasteiger partial charge is 0.269 e. The summed E-state index contributed by atoms with van der Waals surface area (Å²) in [6.45, 7) is 3.39. The summed E-state index contributed by atoms with van der Waals surface area (Å²) in [5, 5.41) is 1.91. The van der Waals surface area contributed by atoms with E-state index in [4.69, 9.17) is 15.7 Å². The van der Waals surface area contributed by atoms with Crippen LogP contribution in [-0.4, -0.2) is 73.6 Å². The van der Waals surface area contributed by atoms with E-state index in [9.17, 15) is 45.5 Å². The van der Waals surface area contributed by atoms with E-state index in [1.165, 1.54) is 36.4 Å². The average Bonchev–Trinajstić information content (AvgIpc) is 3.04. The summed E-state index contributed by atoms with van der Waals surface area (Å²) in [7, 11) is 13.1. The third kappa shape index (κ3) is 4.66. The van der Waals surface area contributed by atoms with Gasteiger partial charge in [0.25, 0.3) is 23.6 Å². The maximum atomic E-state index is 14.3. The number of alkyl halides is 6. The second kappa shape index (κ2) is 11.5. The third-order valence-electron chi connectivity index (χ3n) is 10.0. The Balaban J connectivity index is 1.51. The molecule has 0 N–H and O–H groups in total. The number of benzene rings is 5. The number of fused-ring (bicyclic) bond motifs is 2. The maximum Gasteiger partial charge on any atom is 0.409 e. The van der Waals surface area contributed by atoms with Crippen LogP contribution in [-0.2, 0) is 0 Å². The first-order valence-electron chi connectivity index (χ1n) is 16.2. The summed E-state index contributed by atoms with van der Waals surface area (Å²) in [5.74, 6) is -4.55. The highest BCUT2D eigenvalue weighted by molar-refractivity contribution is 6.54. The van der Waals surface area contributed by atoms with Crippen LogP contribution in [0.15, 0.2) is 36.4 Å². The summed E-state index contributed by atoms with van der Waals surface area (Å²) in [6.07, 6.45) is -9.69. The van der Waals surface area contributed by atoms with E-state index < -0.39 is 60.9 Å². The molecule has 50 heavy (non-hydrogen) atoms. The second-order valence-corrected chi connectivity index (χ2v) is 13.0. The van der Waals surface area contributed by atoms with Gasteiger partial charge in [-0.2, -0.15) is 26.3 Å². The fraction of sp³-hybridized carbons (Fsp3) is 0.333. The Hall–Kier alpha value is -4.61. The Morgan fingerprint density at radius 2 is 0.880 bits per heavy atom. The van der Waals surface area contributed by atoms with E-state index in [2.05, 4.69) is 0 Å². The first kappa shape index (κ1) is 33.9. The van der Waals surface area contributed by atoms with Crippen LogP contribution < -0.4 is 10.9 Å². The normalized spacial score (nSPS) is 16.6. The molecule has 2 aliphatic rings. The minimum Gasteiger partial charge on any atom is -0.269 e. The minimum atomic E-state index is -4.89. The molecule has 0 saturated heterocycles. The van der Waals surface area contributed by atoms with Crippen molar-refractivity contribution in [1.29, 1.82) is 0 Å². The highest BCUT2D eigenvalue weighted by Gasteiger charge is 2.51. The summed E-state index contributed by atoms with van der Waals surface area (Å²) in [4.78, 5) is 55.8. The molecule has 0 bridgehead atoms. The molecule has 2 unspecified atom stereocenters. The van der Waals surface area contributed by atoms with Crippen LogP contribution in [0.2, 0.25) is 0 Å². The second-order valence-electron chi connectivity index (χ2n) is 13.0. The molecule has 2 heterocycles. The van der Waals surface area contributed by atoms with Crippen LogP contribution in [0.5, 0.6) is 0 Å². The Labute approximate surface area is 283 Å². The van der Waals surface area contributed by atoms with Gasteiger partial charge in [0.2, 0.25) is 0 Å². The summed E-state index contributed by atoms with van der Waals surface area (Å²) in [5.41, 5.74) is -0.789. The number of unbranched alkanes of at least 4 members (excludes halogenated alkanes) is 2. The fourth-order valence-electron chi connectivity index (χ4n) is 7.81. The Bertz CT molecular complexity index is 2160. The lowest BCUT2D eigenvalue weighted by Crippen LogP contribution is -2.53. The molecule has 0 spiro atoms. The predicted molar refractivity (Wildman–Crippen MR) is 178 cm³/mol. The Kier molecular flexibility index (Phi) is 7.76. The third-order valence-corrected chi connectivity index (χ3v) is 10.0. The van der Waals surface area contributed by atoms with E-state index in [1.54, 1.807) is 13.8 Å². The number of nitrogens with zero attached hydrogens (tertiary/aromatic N) is 2. The first-order chi connectivity index (χ1) is 23.5. The van der Waals surface area contributed by atoms with Crippen LogP contribution in [0.25, 0.3) is 43.1 Å². The van der Waals surface area contributed by atoms with E-state index >= 15 is 0 Å². The van der Waals surface area contributed by atoms with Crippen molar-refractivity contribution in [3.05, 3.63) is 58.7 Å². The quantitative estimate of drug-likeness (QED) is 0.0595. The lowest BCUT2D eigenvalue weighted by atomic mass is 9.74. The molecule has 4 radical (unpaired) electrons. The van der Waals surface area contributed by atoms with Crippen molar-refractivity contribution in [3.63, 3.8) is 0 Å². The first-order valence-corrected chi connectivity index (χ1v) is 16.2. The predicted octanol–water partition coefficient (Wildman–Crippen LogP) is 6.76. The maximum absolute atomic E-state index is 14.3. The lowest BCUT2D eigenvalue weighted by Gasteiger charge is -2.36. The van der Waals surface area contributed by atoms with Gasteiger partial charge in [0.15, 0.2) is 0 Å². The zero-order valence-corrected chi connectivity index (χ0v) is 26.8. The van der Waals surface area contributed by atoms with Gasteiger partial charge in [-0.25, -0.2) is 0 Å². The molecule has 0 fully saturated rings. The van der Waals surface area contributed by atoms with Crippen LogP contribution >= 0.6 is 0 Å². The molecule has 252 valence electrons. The molecule has 4 amide bonds. The van der Waals surface area contributed by atoms with Gasteiger partial charge in [-0.05, 0) is 57.3 Å². The molecule has 5 aromatic carbocycles. The Morgan fingerprint density at radius 3 is 1.20 bits per heavy atom. The molecule has 6 nitrogen and oxygen atoms in total. The van der Waals surface area contributed by atoms with Crippen molar-refractivity contribution < 1.29 is 45.5 Å². The highest BCUT2D eigenvalue weighted by Crippen LogP contribution is 2.47. The van der Waals surface area contributed by atoms with E-state index in [1.807, 2.05) is 0 Å². The molecular formula is C36H26B2F6N2O4. The summed E-state index contributed by atoms with van der Waals surface area (Å²) in [6, 6.07) is 3.22. The van der Waals surface area contributed by atoms with Gasteiger partial charge >= 0.3 is 12.4 Å². The van der Waals surface area contributed by atoms with E-state index in [0.29, 0.717) is 23.6 Å². The van der Waals surface area contributed by atoms with Gasteiger partial charge in [0, 0.05) is 33.0 Å². The molecular weight excluding hydrogens is 660 g/mol. The molecule has 0 saturated carbocycles. The number of amides is 4. The molecule has 0 aromatic heterocycles. The van der Waals surface area contributed by atoms with Gasteiger partial charge in [0.1, 0.15) is 27.8 Å². The number of carbonyl (C=O) groups excluding carboxylic acids is 4. The van der Waals surface area contributed by atoms with Crippen molar-refractivity contribution in [2.45, 2.75) is 76.8 Å². The van der Waals surface area contributed by atoms with Crippen molar-refractivity contribution in [2.24, 2.45) is 0 Å². The zero-order chi connectivity index (χ0) is 36.2. The van der Waals surface area contributed by atoms with Gasteiger partial charge in [-0.3, -0.25) is 29.0 Å². The SMILES string of the molecule is [B]c1cc2c3c(ccc4c5c([B])cc6c7c(ccc(c1c34)c75)C(=O)N(C(CCCC)C(F)(F)F)C6=O)C(=O)N(C(CCCC)C(F)(F)F)C2=O. The van der Waals surface area contributed by atoms with Gasteiger partial charge in [0.05, 0.1) is 0 Å². The lowest BCUT2D eigenvalue weighted by molar-refractivity contribution is -0.173. The van der Waals surface area contributed by atoms with Crippen LogP contribution in [0.4, 0.5) is 26.3 Å². The van der Waals surface area contributed by atoms with Crippen LogP contribution in [0.1, 0.15) is 93.8 Å². The van der Waals surface area contributed by atoms with Crippen molar-refractivity contribution in [1.82, 2.24) is 9.80 Å². The standard InChI is InChI=1S/C36H26B2F6N2O4/c1-3-5-7-23(35(39,40)41)45-31(47)17-11-9-15-28-22(38)14-20-26-18(32(48)46(34(20)50)24(8-6-4-2)36(42,43)44)12-10-16(30(26)28)27-21(37)13-19(33(45)49)25(17)29(15)27/h9-14,23-24H,3-8H2,1-2H3. The highest BCUT2D eigenvalue weighted by atomic mass is 19.4. The fourth-order valence-corrected chi connectivity index (χ4v) is 7.81. The van der Waals surface area contributed by atoms with Gasteiger partial charge in [-0.1, -0.05) is 74.7 Å². The van der Waals surface area contributed by atoms with Crippen LogP contribution in [0, 0.1) is 0 Å². The molecule has 0 aliphatic carbocycles. The van der Waals surface area contributed by atoms with Crippen molar-refractivity contribution in [3.8, 4) is 0 Å². The summed E-state index contributed by atoms with van der Waals surface area (Å²) >= 11 is 0. The number of hydrogen-bond acceptors (Lipinski definition) is 4. The number of imide groups is 2. The number of rotatable bonds is 8. The van der Waals surface area contributed by atoms with Gasteiger partial charge in [-0.15, -0.1) is 0 Å². The van der Waals surface area contributed by atoms with E-state index in [0.717, 1.165) is 0 Å². The number of halogens is 6. The molecule has 7 rings (SSSR count). The van der Waals surface area contributed by atoms with Crippen molar-refractivity contribution >= 4 is 93.3 Å². The van der Waals surface area contributed by atoms with Gasteiger partial charge < -0.3 is 0 Å². The van der Waals surface area contributed by atoms with E-state index in [-0.39, 0.29) is 88.1 Å². The zero-order valence-electron chi connectivity index (χ0n) is 26.8. The Morgan fingerprint density at radius 1 is 0.540 bits per heavy atom. The molecule has 2 atom stereocenters. The average molecular weight is 686 g/mol. The van der Waals surface area contributed by atoms with Crippen LogP contribution in [0.3, 0.4) is 0 Å². The topological polar surface area (TPSA) is 74.8 Å². The summed E-state index contributed by atoms with van der Waals surface area (Å²) < 4.78 is 85.8. The monoisotopic (exact) mass is 686 g/mol. The molecule has 14 heteroatoms. The minimum absolute atomic E-state index is 0.0395.